The maximum Gasteiger partial charge on any atom is 0.421 e. The number of anilines is 6. The van der Waals surface area contributed by atoms with Gasteiger partial charge in [0.2, 0.25) is 11.9 Å². The Morgan fingerprint density at radius 2 is 1.09 bits per heavy atom. The Balaban J connectivity index is 0.000000233. The Morgan fingerprint density at radius 1 is 0.643 bits per heavy atom. The van der Waals surface area contributed by atoms with Gasteiger partial charge < -0.3 is 30.7 Å². The molecule has 382 valence electrons. The number of aromatic nitrogens is 10. The minimum Gasteiger partial charge on any atom is -0.496 e. The van der Waals surface area contributed by atoms with Gasteiger partial charge in [-0.2, -0.15) is 36.3 Å². The van der Waals surface area contributed by atoms with E-state index < -0.39 is 41.9 Å². The summed E-state index contributed by atoms with van der Waals surface area (Å²) in [6.45, 7) is 6.95. The Morgan fingerprint density at radius 3 is 1.47 bits per heavy atom. The van der Waals surface area contributed by atoms with Crippen molar-refractivity contribution < 1.29 is 35.8 Å². The predicted molar refractivity (Wildman–Crippen MR) is 269 cm³/mol. The molecular weight excluding hydrogens is 1140 g/mol. The summed E-state index contributed by atoms with van der Waals surface area (Å²) in [7, 11) is 9.46. The van der Waals surface area contributed by atoms with E-state index in [4.69, 9.17) is 32.7 Å². The standard InChI is InChI=1S/C16H15ClF3N7O.C13H11BrClF3N4O.3C4H9.C3H4N3.Sn/c1-21-14-9(16(18,19)20)6-22-15(25-14)24-11-5-13(28-3)8(4-10(11)17)12-7-23-26-27(12)2;1-19-11-6(13(16,17)18)5-20-12(22-11)21-9-4-10(23-2)7(14)3-8(9)15;3*1-3-4-2;1-6-3-2-4-5-6;/h4-7H,1-3H3,(H2,21,22,24,25);3-5H,1-2H3,(H2,19,20,21,22);3*1,3-4H2,2H3;2H,1H3;. The number of hydrogen-bond acceptors (Lipinski definition) is 14. The maximum atomic E-state index is 13.0. The largest absolute Gasteiger partial charge is 0.496 e. The number of unbranched alkanes of at least 4 members (excludes halogenated alkanes) is 3. The van der Waals surface area contributed by atoms with Crippen LogP contribution >= 0.6 is 39.1 Å². The van der Waals surface area contributed by atoms with Crippen molar-refractivity contribution in [2.24, 2.45) is 14.1 Å². The van der Waals surface area contributed by atoms with Crippen LogP contribution in [0.15, 0.2) is 53.5 Å². The van der Waals surface area contributed by atoms with Gasteiger partial charge in [-0.1, -0.05) is 28.4 Å². The van der Waals surface area contributed by atoms with Crippen LogP contribution in [-0.4, -0.2) is 96.6 Å². The first-order chi connectivity index (χ1) is 33.2. The summed E-state index contributed by atoms with van der Waals surface area (Å²) in [4.78, 5) is 15.1. The van der Waals surface area contributed by atoms with E-state index >= 15 is 0 Å². The average Bonchev–Trinajstić information content (AvgIpc) is 3.97. The van der Waals surface area contributed by atoms with Gasteiger partial charge in [-0.05, 0) is 28.1 Å². The molecule has 6 aromatic rings. The third-order valence-electron chi connectivity index (χ3n) is 11.0. The van der Waals surface area contributed by atoms with Crippen LogP contribution in [-0.2, 0) is 26.4 Å². The van der Waals surface area contributed by atoms with E-state index in [2.05, 4.69) is 116 Å². The Bertz CT molecular complexity index is 2600. The predicted octanol–water partition coefficient (Wildman–Crippen LogP) is 12.3. The first kappa shape index (κ1) is 57.7. The van der Waals surface area contributed by atoms with Crippen molar-refractivity contribution in [2.75, 3.05) is 49.6 Å². The van der Waals surface area contributed by atoms with Crippen molar-refractivity contribution >= 4 is 96.1 Å². The fraction of sp³-hybridized carbons (Fsp3) is 0.455. The van der Waals surface area contributed by atoms with E-state index in [1.165, 1.54) is 80.2 Å². The maximum absolute atomic E-state index is 13.0. The number of halogens is 9. The van der Waals surface area contributed by atoms with E-state index in [0.29, 0.717) is 56.0 Å². The fourth-order valence-electron chi connectivity index (χ4n) is 7.33. The van der Waals surface area contributed by atoms with E-state index in [1.807, 2.05) is 0 Å². The zero-order valence-corrected chi connectivity index (χ0v) is 46.1. The van der Waals surface area contributed by atoms with E-state index in [-0.39, 0.29) is 28.6 Å². The monoisotopic (exact) mass is 1200 g/mol. The van der Waals surface area contributed by atoms with Gasteiger partial charge in [-0.25, -0.2) is 14.6 Å². The number of rotatable bonds is 19. The molecule has 0 saturated carbocycles. The number of aryl methyl sites for hydroxylation is 2. The average molecular weight is 1200 g/mol. The summed E-state index contributed by atoms with van der Waals surface area (Å²) in [5, 5.41) is 27.1. The molecule has 4 heterocycles. The molecular formula is C44H57BrCl2F6N14O2Sn. The minimum absolute atomic E-state index is 0.0337. The Kier molecular flexibility index (Phi) is 21.9. The molecule has 0 spiro atoms. The van der Waals surface area contributed by atoms with Gasteiger partial charge in [0.05, 0.1) is 52.0 Å². The molecule has 0 aliphatic heterocycles. The Hall–Kier alpha value is -4.88. The molecule has 4 N–H and O–H groups in total. The second-order valence-corrected chi connectivity index (χ2v) is 30.5. The number of ether oxygens (including phenoxy) is 2. The molecule has 0 atom stereocenters. The van der Waals surface area contributed by atoms with Crippen LogP contribution in [0.3, 0.4) is 0 Å². The summed E-state index contributed by atoms with van der Waals surface area (Å²) in [5.74, 6) is 0.168. The molecule has 0 unspecified atom stereocenters. The first-order valence-electron chi connectivity index (χ1n) is 22.1. The minimum atomic E-state index is -4.57. The molecule has 0 radical (unpaired) electrons. The quantitative estimate of drug-likeness (QED) is 0.0444. The van der Waals surface area contributed by atoms with E-state index in [1.54, 1.807) is 45.9 Å². The van der Waals surface area contributed by atoms with Crippen LogP contribution in [0.2, 0.25) is 23.4 Å². The molecule has 0 bridgehead atoms. The van der Waals surface area contributed by atoms with Crippen LogP contribution in [0, 0.1) is 0 Å². The number of hydrogen-bond donors (Lipinski definition) is 4. The van der Waals surface area contributed by atoms with Gasteiger partial charge >= 0.3 is 135 Å². The number of nitrogens with zero attached hydrogens (tertiary/aromatic N) is 10. The van der Waals surface area contributed by atoms with Crippen LogP contribution < -0.4 is 34.5 Å². The molecule has 4 aromatic heterocycles. The smallest absolute Gasteiger partial charge is 0.421 e. The van der Waals surface area contributed by atoms with Crippen molar-refractivity contribution in [3.05, 3.63) is 74.7 Å². The van der Waals surface area contributed by atoms with Crippen LogP contribution in [0.5, 0.6) is 11.5 Å². The number of alkyl halides is 6. The molecule has 0 saturated heterocycles. The van der Waals surface area contributed by atoms with Gasteiger partial charge in [-0.15, -0.1) is 5.10 Å². The molecule has 0 aliphatic carbocycles. The number of nitrogens with one attached hydrogen (secondary N) is 4. The normalized spacial score (nSPS) is 11.5. The Labute approximate surface area is 425 Å². The van der Waals surface area contributed by atoms with Crippen LogP contribution in [0.25, 0.3) is 11.3 Å². The molecule has 0 aliphatic rings. The van der Waals surface area contributed by atoms with Crippen LogP contribution in [0.4, 0.5) is 61.2 Å². The topological polar surface area (TPSA) is 180 Å². The van der Waals surface area contributed by atoms with Gasteiger partial charge in [0.15, 0.2) is 0 Å². The summed E-state index contributed by atoms with van der Waals surface area (Å²) in [6.07, 6.45) is 4.08. The molecule has 0 amide bonds. The van der Waals surface area contributed by atoms with E-state index in [0.717, 1.165) is 0 Å². The first-order valence-corrected chi connectivity index (χ1v) is 31.1. The summed E-state index contributed by atoms with van der Waals surface area (Å²) < 4.78 is 98.2. The molecule has 16 nitrogen and oxygen atoms in total. The second-order valence-electron chi connectivity index (χ2n) is 15.7. The van der Waals surface area contributed by atoms with Gasteiger partial charge in [-0.3, -0.25) is 0 Å². The van der Waals surface area contributed by atoms with Crippen LogP contribution in [0.1, 0.15) is 70.4 Å². The third kappa shape index (κ3) is 15.3. The zero-order chi connectivity index (χ0) is 51.8. The second kappa shape index (κ2) is 26.5. The van der Waals surface area contributed by atoms with Gasteiger partial charge in [0, 0.05) is 51.2 Å². The SMILES string of the molecule is CCC[CH2][Sn]([CH2]CCC)([CH2]CCC)[c]1cnnn1C.CNc1nc(Nc2cc(OC)c(-c3cnnn3C)cc2Cl)ncc1C(F)(F)F.CNc1nc(Nc2cc(OC)c(Br)cc2Cl)ncc1C(F)(F)F. The van der Waals surface area contributed by atoms with E-state index in [9.17, 15) is 26.3 Å². The van der Waals surface area contributed by atoms with Crippen molar-refractivity contribution in [1.29, 1.82) is 0 Å². The van der Waals surface area contributed by atoms with Crippen molar-refractivity contribution in [3.8, 4) is 22.8 Å². The molecule has 70 heavy (non-hydrogen) atoms. The van der Waals surface area contributed by atoms with Crippen molar-refractivity contribution in [3.63, 3.8) is 0 Å². The van der Waals surface area contributed by atoms with Crippen molar-refractivity contribution in [1.82, 2.24) is 49.9 Å². The van der Waals surface area contributed by atoms with Crippen molar-refractivity contribution in [2.45, 2.75) is 85.0 Å². The molecule has 2 aromatic carbocycles. The summed E-state index contributed by atoms with van der Waals surface area (Å²) in [5.41, 5.74) is 0.157. The molecule has 6 rings (SSSR count). The van der Waals surface area contributed by atoms with Gasteiger partial charge in [0.1, 0.15) is 34.3 Å². The molecule has 26 heteroatoms. The fourth-order valence-corrected chi connectivity index (χ4v) is 24.6. The zero-order valence-electron chi connectivity index (χ0n) is 40.2. The summed E-state index contributed by atoms with van der Waals surface area (Å²) >= 11 is 13.4. The molecule has 0 fully saturated rings. The summed E-state index contributed by atoms with van der Waals surface area (Å²) in [6, 6.07) is 6.38. The number of methoxy groups -OCH3 is 2. The number of benzene rings is 2. The third-order valence-corrected chi connectivity index (χ3v) is 27.8. The van der Waals surface area contributed by atoms with Gasteiger partial charge in [0.25, 0.3) is 0 Å².